The van der Waals surface area contributed by atoms with Gasteiger partial charge in [-0.15, -0.1) is 0 Å². The van der Waals surface area contributed by atoms with Crippen LogP contribution in [0.25, 0.3) is 0 Å². The van der Waals surface area contributed by atoms with Gasteiger partial charge in [-0.3, -0.25) is 4.79 Å². The summed E-state index contributed by atoms with van der Waals surface area (Å²) < 4.78 is 5.08. The molecule has 0 spiro atoms. The van der Waals surface area contributed by atoms with Crippen LogP contribution in [0.15, 0.2) is 18.2 Å². The van der Waals surface area contributed by atoms with Gasteiger partial charge in [0.05, 0.1) is 18.7 Å². The van der Waals surface area contributed by atoms with Crippen LogP contribution >= 0.6 is 0 Å². The molecular weight excluding hydrogens is 244 g/mol. The molecule has 5 heteroatoms. The molecule has 0 saturated heterocycles. The summed E-state index contributed by atoms with van der Waals surface area (Å²) in [6, 6.07) is 5.92. The zero-order valence-electron chi connectivity index (χ0n) is 11.1. The van der Waals surface area contributed by atoms with Crippen molar-refractivity contribution >= 4 is 5.97 Å². The molecule has 0 amide bonds. The second-order valence-electron chi connectivity index (χ2n) is 4.95. The van der Waals surface area contributed by atoms with Crippen LogP contribution < -0.4 is 10.1 Å². The number of rotatable bonds is 5. The first-order valence-electron chi connectivity index (χ1n) is 6.65. The van der Waals surface area contributed by atoms with Gasteiger partial charge in [-0.05, 0) is 25.3 Å². The SMILES string of the molecule is COc1cccc(CNC2CCCC(C(=O)O)C2)n1. The van der Waals surface area contributed by atoms with E-state index in [-0.39, 0.29) is 12.0 Å². The minimum Gasteiger partial charge on any atom is -0.481 e. The molecule has 19 heavy (non-hydrogen) atoms. The fraction of sp³-hybridized carbons (Fsp3) is 0.571. The van der Waals surface area contributed by atoms with E-state index < -0.39 is 5.97 Å². The molecular formula is C14H20N2O3. The molecule has 1 aromatic rings. The zero-order chi connectivity index (χ0) is 13.7. The maximum absolute atomic E-state index is 11.0. The number of carbonyl (C=O) groups is 1. The van der Waals surface area contributed by atoms with Crippen LogP contribution in [0.3, 0.4) is 0 Å². The number of hydrogen-bond donors (Lipinski definition) is 2. The van der Waals surface area contributed by atoms with Crippen molar-refractivity contribution in [2.75, 3.05) is 7.11 Å². The van der Waals surface area contributed by atoms with Gasteiger partial charge in [-0.2, -0.15) is 0 Å². The molecule has 1 heterocycles. The van der Waals surface area contributed by atoms with Crippen molar-refractivity contribution < 1.29 is 14.6 Å². The summed E-state index contributed by atoms with van der Waals surface area (Å²) in [6.07, 6.45) is 3.51. The molecule has 0 radical (unpaired) electrons. The van der Waals surface area contributed by atoms with Crippen molar-refractivity contribution in [2.45, 2.75) is 38.3 Å². The molecule has 1 aliphatic carbocycles. The first-order valence-corrected chi connectivity index (χ1v) is 6.65. The quantitative estimate of drug-likeness (QED) is 0.849. The summed E-state index contributed by atoms with van der Waals surface area (Å²) in [5.41, 5.74) is 0.914. The van der Waals surface area contributed by atoms with Gasteiger partial charge in [0.1, 0.15) is 0 Å². The van der Waals surface area contributed by atoms with E-state index >= 15 is 0 Å². The van der Waals surface area contributed by atoms with Crippen molar-refractivity contribution in [2.24, 2.45) is 5.92 Å². The Morgan fingerprint density at radius 2 is 2.37 bits per heavy atom. The van der Waals surface area contributed by atoms with Crippen LogP contribution in [-0.4, -0.2) is 29.2 Å². The van der Waals surface area contributed by atoms with Gasteiger partial charge in [0.25, 0.3) is 0 Å². The maximum Gasteiger partial charge on any atom is 0.306 e. The predicted molar refractivity (Wildman–Crippen MR) is 71.0 cm³/mol. The monoisotopic (exact) mass is 264 g/mol. The van der Waals surface area contributed by atoms with Gasteiger partial charge in [-0.1, -0.05) is 12.5 Å². The van der Waals surface area contributed by atoms with Crippen LogP contribution in [-0.2, 0) is 11.3 Å². The third kappa shape index (κ3) is 3.92. The summed E-state index contributed by atoms with van der Waals surface area (Å²) in [6.45, 7) is 0.647. The number of ether oxygens (including phenoxy) is 1. The molecule has 5 nitrogen and oxygen atoms in total. The van der Waals surface area contributed by atoms with E-state index in [2.05, 4.69) is 10.3 Å². The third-order valence-corrected chi connectivity index (χ3v) is 3.59. The second kappa shape index (κ2) is 6.52. The van der Waals surface area contributed by atoms with E-state index in [4.69, 9.17) is 9.84 Å². The molecule has 1 aromatic heterocycles. The molecule has 2 N–H and O–H groups in total. The Morgan fingerprint density at radius 3 is 3.11 bits per heavy atom. The lowest BCUT2D eigenvalue weighted by Gasteiger charge is -2.27. The fourth-order valence-electron chi connectivity index (χ4n) is 2.52. The second-order valence-corrected chi connectivity index (χ2v) is 4.95. The van der Waals surface area contributed by atoms with E-state index in [1.54, 1.807) is 7.11 Å². The smallest absolute Gasteiger partial charge is 0.306 e. The Kier molecular flexibility index (Phi) is 4.74. The van der Waals surface area contributed by atoms with E-state index in [0.29, 0.717) is 18.8 Å². The molecule has 2 unspecified atom stereocenters. The lowest BCUT2D eigenvalue weighted by molar-refractivity contribution is -0.143. The molecule has 0 aliphatic heterocycles. The highest BCUT2D eigenvalue weighted by atomic mass is 16.5. The average molecular weight is 264 g/mol. The Balaban J connectivity index is 1.86. The van der Waals surface area contributed by atoms with Gasteiger partial charge in [0.15, 0.2) is 0 Å². The highest BCUT2D eigenvalue weighted by Crippen LogP contribution is 2.24. The number of nitrogens with zero attached hydrogens (tertiary/aromatic N) is 1. The maximum atomic E-state index is 11.0. The van der Waals surface area contributed by atoms with E-state index in [1.165, 1.54) is 0 Å². The largest absolute Gasteiger partial charge is 0.481 e. The molecule has 104 valence electrons. The molecule has 1 aliphatic rings. The van der Waals surface area contributed by atoms with Crippen LogP contribution in [0.1, 0.15) is 31.4 Å². The lowest BCUT2D eigenvalue weighted by atomic mass is 9.86. The third-order valence-electron chi connectivity index (χ3n) is 3.59. The first-order chi connectivity index (χ1) is 9.19. The normalized spacial score (nSPS) is 23.0. The van der Waals surface area contributed by atoms with Crippen LogP contribution in [0, 0.1) is 5.92 Å². The van der Waals surface area contributed by atoms with Crippen molar-refractivity contribution in [3.8, 4) is 5.88 Å². The highest BCUT2D eigenvalue weighted by Gasteiger charge is 2.26. The standard InChI is InChI=1S/C14H20N2O3/c1-19-13-7-3-6-12(16-13)9-15-11-5-2-4-10(8-11)14(17)18/h3,6-7,10-11,15H,2,4-5,8-9H2,1H3,(H,17,18). The minimum absolute atomic E-state index is 0.204. The zero-order valence-corrected chi connectivity index (χ0v) is 11.1. The summed E-state index contributed by atoms with van der Waals surface area (Å²) in [7, 11) is 1.60. The molecule has 0 aromatic carbocycles. The number of carboxylic acids is 1. The fourth-order valence-corrected chi connectivity index (χ4v) is 2.52. The number of methoxy groups -OCH3 is 1. The van der Waals surface area contributed by atoms with Gasteiger partial charge < -0.3 is 15.2 Å². The number of aliphatic carboxylic acids is 1. The molecule has 2 atom stereocenters. The molecule has 1 fully saturated rings. The first kappa shape index (κ1) is 13.8. The van der Waals surface area contributed by atoms with E-state index in [9.17, 15) is 4.79 Å². The van der Waals surface area contributed by atoms with Crippen LogP contribution in [0.2, 0.25) is 0 Å². The highest BCUT2D eigenvalue weighted by molar-refractivity contribution is 5.70. The van der Waals surface area contributed by atoms with Crippen molar-refractivity contribution in [1.29, 1.82) is 0 Å². The lowest BCUT2D eigenvalue weighted by Crippen LogP contribution is -2.36. The van der Waals surface area contributed by atoms with Gasteiger partial charge in [-0.25, -0.2) is 4.98 Å². The molecule has 1 saturated carbocycles. The summed E-state index contributed by atoms with van der Waals surface area (Å²) in [5, 5.41) is 12.4. The number of aromatic nitrogens is 1. The summed E-state index contributed by atoms with van der Waals surface area (Å²) >= 11 is 0. The number of pyridine rings is 1. The van der Waals surface area contributed by atoms with Crippen molar-refractivity contribution in [1.82, 2.24) is 10.3 Å². The number of nitrogens with one attached hydrogen (secondary N) is 1. The van der Waals surface area contributed by atoms with Crippen molar-refractivity contribution in [3.63, 3.8) is 0 Å². The molecule has 2 rings (SSSR count). The Hall–Kier alpha value is -1.62. The van der Waals surface area contributed by atoms with Crippen LogP contribution in [0.5, 0.6) is 5.88 Å². The Morgan fingerprint density at radius 1 is 1.53 bits per heavy atom. The van der Waals surface area contributed by atoms with Crippen molar-refractivity contribution in [3.05, 3.63) is 23.9 Å². The van der Waals surface area contributed by atoms with Crippen LogP contribution in [0.4, 0.5) is 0 Å². The topological polar surface area (TPSA) is 71.5 Å². The predicted octanol–water partition coefficient (Wildman–Crippen LogP) is 1.82. The Bertz CT molecular complexity index is 436. The number of carboxylic acid groups (broad SMARTS) is 1. The summed E-state index contributed by atoms with van der Waals surface area (Å²) in [4.78, 5) is 15.3. The number of hydrogen-bond acceptors (Lipinski definition) is 4. The van der Waals surface area contributed by atoms with E-state index in [1.807, 2.05) is 18.2 Å². The Labute approximate surface area is 113 Å². The average Bonchev–Trinajstić information content (AvgIpc) is 2.45. The van der Waals surface area contributed by atoms with Gasteiger partial charge >= 0.3 is 5.97 Å². The van der Waals surface area contributed by atoms with Gasteiger partial charge in [0.2, 0.25) is 5.88 Å². The molecule has 0 bridgehead atoms. The summed E-state index contributed by atoms with van der Waals surface area (Å²) in [5.74, 6) is -0.276. The van der Waals surface area contributed by atoms with E-state index in [0.717, 1.165) is 25.0 Å². The minimum atomic E-state index is -0.675. The van der Waals surface area contributed by atoms with Gasteiger partial charge in [0, 0.05) is 18.7 Å².